The zero-order valence-electron chi connectivity index (χ0n) is 21.5. The third-order valence-corrected chi connectivity index (χ3v) is 7.25. The monoisotopic (exact) mass is 763 g/mol. The number of nitrogens with zero attached hydrogens (tertiary/aromatic N) is 2. The Morgan fingerprint density at radius 2 is 1.30 bits per heavy atom. The summed E-state index contributed by atoms with van der Waals surface area (Å²) in [6.07, 6.45) is 8.93. The second kappa shape index (κ2) is 16.6. The number of hydrogen-bond acceptors (Lipinski definition) is 5. The summed E-state index contributed by atoms with van der Waals surface area (Å²) in [7, 11) is 8.04. The fourth-order valence-electron chi connectivity index (χ4n) is 3.11. The summed E-state index contributed by atoms with van der Waals surface area (Å²) in [6, 6.07) is 7.88. The van der Waals surface area contributed by atoms with Crippen molar-refractivity contribution in [3.05, 3.63) is 65.6 Å². The van der Waals surface area contributed by atoms with E-state index in [-0.39, 0.29) is 5.91 Å². The highest BCUT2D eigenvalue weighted by Gasteiger charge is 2.10. The molecule has 0 unspecified atom stereocenters. The van der Waals surface area contributed by atoms with Crippen molar-refractivity contribution in [1.29, 1.82) is 0 Å². The van der Waals surface area contributed by atoms with Crippen LogP contribution in [-0.2, 0) is 4.79 Å². The Morgan fingerprint density at radius 3 is 1.78 bits per heavy atom. The number of amides is 1. The molecule has 0 spiro atoms. The Hall–Kier alpha value is -1.33. The maximum absolute atomic E-state index is 12.3. The van der Waals surface area contributed by atoms with Gasteiger partial charge in [0.25, 0.3) is 0 Å². The lowest BCUT2D eigenvalue weighted by molar-refractivity contribution is -0.116. The van der Waals surface area contributed by atoms with Crippen molar-refractivity contribution < 1.29 is 14.3 Å². The molecule has 0 atom stereocenters. The molecule has 0 aliphatic heterocycles. The van der Waals surface area contributed by atoms with Crippen LogP contribution in [0.5, 0.6) is 11.5 Å². The number of halogens is 4. The average molecular weight is 767 g/mol. The first kappa shape index (κ1) is 31.9. The van der Waals surface area contributed by atoms with E-state index in [1.165, 1.54) is 6.08 Å². The van der Waals surface area contributed by atoms with Gasteiger partial charge >= 0.3 is 0 Å². The molecule has 0 saturated heterocycles. The van der Waals surface area contributed by atoms with Gasteiger partial charge in [0.05, 0.1) is 31.1 Å². The fraction of sp³-hybridized carbons (Fsp3) is 0.370. The van der Waals surface area contributed by atoms with Gasteiger partial charge in [0.2, 0.25) is 5.91 Å². The molecule has 0 fully saturated rings. The molecule has 0 saturated carbocycles. The summed E-state index contributed by atoms with van der Waals surface area (Å²) in [5.74, 6) is 1.35. The molecule has 0 radical (unpaired) electrons. The lowest BCUT2D eigenvalue weighted by Gasteiger charge is -2.13. The standard InChI is InChI=1S/C27H33Br4N3O3/c1-33(2)11-6-14-37-27-21(28)15-19(16-22(27)29)7-8-25(35)32-10-5-13-36-26-23(30)17-20(18-24(26)31)9-12-34(3)4/h7-9,12,15-18H,5-6,10-11,13-14H2,1-4H3,(H,32,35)/b8-7+,12-9-. The largest absolute Gasteiger partial charge is 0.491 e. The third-order valence-electron chi connectivity index (χ3n) is 4.90. The minimum Gasteiger partial charge on any atom is -0.491 e. The second-order valence-electron chi connectivity index (χ2n) is 8.74. The summed E-state index contributed by atoms with van der Waals surface area (Å²) in [6.45, 7) is 2.58. The quantitative estimate of drug-likeness (QED) is 0.163. The molecule has 2 rings (SSSR count). The fourth-order valence-corrected chi connectivity index (χ4v) is 6.01. The molecule has 0 bridgehead atoms. The number of benzene rings is 2. The van der Waals surface area contributed by atoms with Gasteiger partial charge in [-0.1, -0.05) is 0 Å². The maximum Gasteiger partial charge on any atom is 0.244 e. The molecule has 202 valence electrons. The summed E-state index contributed by atoms with van der Waals surface area (Å²) in [4.78, 5) is 16.4. The summed E-state index contributed by atoms with van der Waals surface area (Å²) in [5.41, 5.74) is 1.94. The Labute approximate surface area is 254 Å². The van der Waals surface area contributed by atoms with Crippen LogP contribution in [0.1, 0.15) is 24.0 Å². The smallest absolute Gasteiger partial charge is 0.244 e. The van der Waals surface area contributed by atoms with E-state index in [9.17, 15) is 4.79 Å². The van der Waals surface area contributed by atoms with Crippen LogP contribution < -0.4 is 14.8 Å². The van der Waals surface area contributed by atoms with E-state index in [2.05, 4.69) is 73.9 Å². The number of ether oxygens (including phenoxy) is 2. The Kier molecular flexibility index (Phi) is 14.3. The highest BCUT2D eigenvalue weighted by Crippen LogP contribution is 2.36. The van der Waals surface area contributed by atoms with Crippen molar-refractivity contribution in [2.75, 3.05) is 54.5 Å². The zero-order valence-corrected chi connectivity index (χ0v) is 27.8. The van der Waals surface area contributed by atoms with Gasteiger partial charge in [0.1, 0.15) is 11.5 Å². The second-order valence-corrected chi connectivity index (χ2v) is 12.2. The molecule has 0 heterocycles. The highest BCUT2D eigenvalue weighted by molar-refractivity contribution is 9.11. The summed E-state index contributed by atoms with van der Waals surface area (Å²) in [5, 5.41) is 2.89. The third kappa shape index (κ3) is 11.9. The number of rotatable bonds is 14. The Morgan fingerprint density at radius 1 is 0.811 bits per heavy atom. The highest BCUT2D eigenvalue weighted by atomic mass is 79.9. The normalized spacial score (nSPS) is 11.5. The van der Waals surface area contributed by atoms with E-state index in [4.69, 9.17) is 9.47 Å². The van der Waals surface area contributed by atoms with Crippen molar-refractivity contribution in [3.63, 3.8) is 0 Å². The number of nitrogens with one attached hydrogen (secondary N) is 1. The molecule has 2 aromatic rings. The molecular formula is C27H33Br4N3O3. The SMILES string of the molecule is CN(C)/C=C\c1cc(Br)c(OCCCNC(=O)/C=C/c2cc(Br)c(OCCCN(C)C)c(Br)c2)c(Br)c1. The number of hydrogen-bond donors (Lipinski definition) is 1. The molecule has 1 N–H and O–H groups in total. The first-order valence-electron chi connectivity index (χ1n) is 11.8. The van der Waals surface area contributed by atoms with Crippen LogP contribution in [0.15, 0.2) is 54.4 Å². The molecule has 1 amide bonds. The van der Waals surface area contributed by atoms with Crippen molar-refractivity contribution in [1.82, 2.24) is 15.1 Å². The van der Waals surface area contributed by atoms with E-state index in [1.807, 2.05) is 69.6 Å². The van der Waals surface area contributed by atoms with E-state index in [0.717, 1.165) is 53.5 Å². The molecule has 6 nitrogen and oxygen atoms in total. The van der Waals surface area contributed by atoms with Crippen LogP contribution in [0.2, 0.25) is 0 Å². The lowest BCUT2D eigenvalue weighted by atomic mass is 10.2. The van der Waals surface area contributed by atoms with Gasteiger partial charge in [0.15, 0.2) is 0 Å². The van der Waals surface area contributed by atoms with Crippen LogP contribution >= 0.6 is 63.7 Å². The lowest BCUT2D eigenvalue weighted by Crippen LogP contribution is -2.23. The Balaban J connectivity index is 1.78. The van der Waals surface area contributed by atoms with Gasteiger partial charge in [-0.3, -0.25) is 4.79 Å². The summed E-state index contributed by atoms with van der Waals surface area (Å²) < 4.78 is 15.2. The van der Waals surface area contributed by atoms with E-state index < -0.39 is 0 Å². The first-order valence-corrected chi connectivity index (χ1v) is 14.9. The van der Waals surface area contributed by atoms with Gasteiger partial charge < -0.3 is 24.6 Å². The van der Waals surface area contributed by atoms with Gasteiger partial charge in [-0.25, -0.2) is 0 Å². The van der Waals surface area contributed by atoms with Gasteiger partial charge in [0, 0.05) is 33.3 Å². The van der Waals surface area contributed by atoms with Crippen LogP contribution in [0, 0.1) is 0 Å². The van der Waals surface area contributed by atoms with Crippen molar-refractivity contribution in [3.8, 4) is 11.5 Å². The molecule has 10 heteroatoms. The van der Waals surface area contributed by atoms with Crippen molar-refractivity contribution >= 4 is 81.8 Å². The Bertz CT molecular complexity index is 1060. The predicted molar refractivity (Wildman–Crippen MR) is 167 cm³/mol. The minimum atomic E-state index is -0.157. The number of carbonyl (C=O) groups is 1. The maximum atomic E-state index is 12.3. The van der Waals surface area contributed by atoms with Gasteiger partial charge in [-0.05, 0) is 144 Å². The molecule has 37 heavy (non-hydrogen) atoms. The molecule has 2 aromatic carbocycles. The van der Waals surface area contributed by atoms with Gasteiger partial charge in [-0.2, -0.15) is 0 Å². The van der Waals surface area contributed by atoms with Crippen molar-refractivity contribution in [2.24, 2.45) is 0 Å². The molecule has 0 aliphatic rings. The van der Waals surface area contributed by atoms with Crippen molar-refractivity contribution in [2.45, 2.75) is 12.8 Å². The molecule has 0 aliphatic carbocycles. The number of carbonyl (C=O) groups excluding carboxylic acids is 1. The average Bonchev–Trinajstić information content (AvgIpc) is 2.81. The minimum absolute atomic E-state index is 0.157. The topological polar surface area (TPSA) is 54.0 Å². The van der Waals surface area contributed by atoms with Crippen LogP contribution in [0.3, 0.4) is 0 Å². The van der Waals surface area contributed by atoms with Crippen LogP contribution in [0.4, 0.5) is 0 Å². The van der Waals surface area contributed by atoms with E-state index >= 15 is 0 Å². The molecular weight excluding hydrogens is 734 g/mol. The zero-order chi connectivity index (χ0) is 27.4. The molecule has 0 aromatic heterocycles. The first-order chi connectivity index (χ1) is 17.6. The van der Waals surface area contributed by atoms with Gasteiger partial charge in [-0.15, -0.1) is 0 Å². The van der Waals surface area contributed by atoms with Crippen LogP contribution in [-0.4, -0.2) is 70.2 Å². The van der Waals surface area contributed by atoms with E-state index in [0.29, 0.717) is 26.2 Å². The summed E-state index contributed by atoms with van der Waals surface area (Å²) >= 11 is 14.3. The predicted octanol–water partition coefficient (Wildman–Crippen LogP) is 7.20. The van der Waals surface area contributed by atoms with Crippen LogP contribution in [0.25, 0.3) is 12.2 Å². The van der Waals surface area contributed by atoms with E-state index in [1.54, 1.807) is 6.08 Å².